The van der Waals surface area contributed by atoms with Crippen LogP contribution in [0.15, 0.2) is 12.1 Å². The highest BCUT2D eigenvalue weighted by Gasteiger charge is 2.27. The SMILES string of the molecule is Cc1cc(NS(=O)(=O)C2CCCCC2)c(C)cc1O. The Morgan fingerprint density at radius 2 is 1.74 bits per heavy atom. The van der Waals surface area contributed by atoms with Crippen LogP contribution in [0.5, 0.6) is 5.75 Å². The monoisotopic (exact) mass is 283 g/mol. The summed E-state index contributed by atoms with van der Waals surface area (Å²) < 4.78 is 27.3. The van der Waals surface area contributed by atoms with E-state index in [0.29, 0.717) is 11.3 Å². The predicted molar refractivity (Wildman–Crippen MR) is 77.0 cm³/mol. The first-order chi connectivity index (χ1) is 8.90. The minimum absolute atomic E-state index is 0.193. The van der Waals surface area contributed by atoms with Gasteiger partial charge in [0.2, 0.25) is 10.0 Å². The van der Waals surface area contributed by atoms with Gasteiger partial charge in [-0.2, -0.15) is 0 Å². The molecule has 0 aliphatic heterocycles. The Morgan fingerprint density at radius 1 is 1.11 bits per heavy atom. The molecule has 1 saturated carbocycles. The van der Waals surface area contributed by atoms with Crippen molar-refractivity contribution >= 4 is 15.7 Å². The van der Waals surface area contributed by atoms with Crippen molar-refractivity contribution in [1.82, 2.24) is 0 Å². The quantitative estimate of drug-likeness (QED) is 0.838. The molecular formula is C14H21NO3S. The lowest BCUT2D eigenvalue weighted by Crippen LogP contribution is -2.30. The van der Waals surface area contributed by atoms with Crippen LogP contribution in [0.3, 0.4) is 0 Å². The summed E-state index contributed by atoms with van der Waals surface area (Å²) in [7, 11) is -3.32. The Labute approximate surface area is 114 Å². The number of sulfonamides is 1. The highest BCUT2D eigenvalue weighted by molar-refractivity contribution is 7.93. The van der Waals surface area contributed by atoms with E-state index in [0.717, 1.165) is 37.7 Å². The molecule has 2 rings (SSSR count). The zero-order chi connectivity index (χ0) is 14.0. The Hall–Kier alpha value is -1.23. The van der Waals surface area contributed by atoms with Crippen LogP contribution in [-0.4, -0.2) is 18.8 Å². The van der Waals surface area contributed by atoms with Gasteiger partial charge in [-0.3, -0.25) is 4.72 Å². The van der Waals surface area contributed by atoms with E-state index in [9.17, 15) is 13.5 Å². The Bertz CT molecular complexity index is 560. The molecule has 1 fully saturated rings. The fraction of sp³-hybridized carbons (Fsp3) is 0.571. The van der Waals surface area contributed by atoms with Crippen molar-refractivity contribution in [3.05, 3.63) is 23.3 Å². The second-order valence-electron chi connectivity index (χ2n) is 5.36. The first-order valence-electron chi connectivity index (χ1n) is 6.72. The molecule has 0 atom stereocenters. The lowest BCUT2D eigenvalue weighted by Gasteiger charge is -2.23. The molecule has 0 amide bonds. The van der Waals surface area contributed by atoms with E-state index in [2.05, 4.69) is 4.72 Å². The summed E-state index contributed by atoms with van der Waals surface area (Å²) in [4.78, 5) is 0. The zero-order valence-electron chi connectivity index (χ0n) is 11.4. The minimum Gasteiger partial charge on any atom is -0.508 e. The summed E-state index contributed by atoms with van der Waals surface area (Å²) in [5.74, 6) is 0.193. The number of rotatable bonds is 3. The summed E-state index contributed by atoms with van der Waals surface area (Å²) in [6, 6.07) is 3.28. The summed E-state index contributed by atoms with van der Waals surface area (Å²) in [6.45, 7) is 3.55. The fourth-order valence-electron chi connectivity index (χ4n) is 2.52. The standard InChI is InChI=1S/C14H21NO3S/c1-10-9-14(16)11(2)8-13(10)15-19(17,18)12-6-4-3-5-7-12/h8-9,12,15-16H,3-7H2,1-2H3. The maximum absolute atomic E-state index is 12.3. The molecule has 1 aliphatic carbocycles. The van der Waals surface area contributed by atoms with Crippen molar-refractivity contribution in [3.63, 3.8) is 0 Å². The third-order valence-electron chi connectivity index (χ3n) is 3.79. The van der Waals surface area contributed by atoms with Crippen LogP contribution in [-0.2, 0) is 10.0 Å². The molecule has 0 radical (unpaired) electrons. The molecule has 0 unspecified atom stereocenters. The third-order valence-corrected chi connectivity index (χ3v) is 5.64. The average molecular weight is 283 g/mol. The molecular weight excluding hydrogens is 262 g/mol. The van der Waals surface area contributed by atoms with Gasteiger partial charge in [-0.1, -0.05) is 19.3 Å². The van der Waals surface area contributed by atoms with Gasteiger partial charge < -0.3 is 5.11 Å². The maximum atomic E-state index is 12.3. The molecule has 19 heavy (non-hydrogen) atoms. The molecule has 2 N–H and O–H groups in total. The molecule has 0 heterocycles. The molecule has 1 aliphatic rings. The van der Waals surface area contributed by atoms with Gasteiger partial charge in [0.15, 0.2) is 0 Å². The lowest BCUT2D eigenvalue weighted by atomic mass is 10.0. The van der Waals surface area contributed by atoms with Crippen LogP contribution < -0.4 is 4.72 Å². The van der Waals surface area contributed by atoms with Crippen LogP contribution in [0.4, 0.5) is 5.69 Å². The van der Waals surface area contributed by atoms with Gasteiger partial charge in [-0.05, 0) is 49.9 Å². The predicted octanol–water partition coefficient (Wildman–Crippen LogP) is 3.08. The van der Waals surface area contributed by atoms with Crippen LogP contribution in [0.1, 0.15) is 43.2 Å². The number of benzene rings is 1. The van der Waals surface area contributed by atoms with Crippen LogP contribution in [0.25, 0.3) is 0 Å². The fourth-order valence-corrected chi connectivity index (χ4v) is 4.17. The maximum Gasteiger partial charge on any atom is 0.235 e. The molecule has 5 heteroatoms. The first kappa shape index (κ1) is 14.2. The summed E-state index contributed by atoms with van der Waals surface area (Å²) in [5, 5.41) is 9.31. The highest BCUT2D eigenvalue weighted by Crippen LogP contribution is 2.29. The van der Waals surface area contributed by atoms with Crippen LogP contribution in [0.2, 0.25) is 0 Å². The number of anilines is 1. The molecule has 106 valence electrons. The van der Waals surface area contributed by atoms with E-state index in [4.69, 9.17) is 0 Å². The Morgan fingerprint density at radius 3 is 2.37 bits per heavy atom. The number of nitrogens with one attached hydrogen (secondary N) is 1. The minimum atomic E-state index is -3.32. The van der Waals surface area contributed by atoms with Gasteiger partial charge in [-0.15, -0.1) is 0 Å². The average Bonchev–Trinajstić information content (AvgIpc) is 2.37. The van der Waals surface area contributed by atoms with Crippen LogP contribution in [0, 0.1) is 13.8 Å². The van der Waals surface area contributed by atoms with Gasteiger partial charge in [0.05, 0.1) is 10.9 Å². The van der Waals surface area contributed by atoms with E-state index in [1.54, 1.807) is 26.0 Å². The van der Waals surface area contributed by atoms with E-state index >= 15 is 0 Å². The van der Waals surface area contributed by atoms with Crippen molar-refractivity contribution in [2.45, 2.75) is 51.2 Å². The van der Waals surface area contributed by atoms with E-state index in [1.807, 2.05) is 0 Å². The number of aryl methyl sites for hydroxylation is 2. The molecule has 4 nitrogen and oxygen atoms in total. The van der Waals surface area contributed by atoms with Crippen LogP contribution >= 0.6 is 0 Å². The lowest BCUT2D eigenvalue weighted by molar-refractivity contribution is 0.470. The van der Waals surface area contributed by atoms with Gasteiger partial charge in [0.1, 0.15) is 5.75 Å². The van der Waals surface area contributed by atoms with E-state index in [1.165, 1.54) is 0 Å². The van der Waals surface area contributed by atoms with Crippen molar-refractivity contribution in [3.8, 4) is 5.75 Å². The molecule has 1 aromatic rings. The zero-order valence-corrected chi connectivity index (χ0v) is 12.3. The summed E-state index contributed by atoms with van der Waals surface area (Å²) >= 11 is 0. The summed E-state index contributed by atoms with van der Waals surface area (Å²) in [6.07, 6.45) is 4.58. The number of aromatic hydroxyl groups is 1. The largest absolute Gasteiger partial charge is 0.508 e. The number of hydrogen-bond donors (Lipinski definition) is 2. The molecule has 1 aromatic carbocycles. The Balaban J connectivity index is 2.22. The highest BCUT2D eigenvalue weighted by atomic mass is 32.2. The van der Waals surface area contributed by atoms with Crippen molar-refractivity contribution < 1.29 is 13.5 Å². The number of phenols is 1. The van der Waals surface area contributed by atoms with Gasteiger partial charge in [0.25, 0.3) is 0 Å². The number of phenolic OH excluding ortho intramolecular Hbond substituents is 1. The topological polar surface area (TPSA) is 66.4 Å². The molecule has 0 bridgehead atoms. The van der Waals surface area contributed by atoms with E-state index < -0.39 is 10.0 Å². The van der Waals surface area contributed by atoms with E-state index in [-0.39, 0.29) is 11.0 Å². The van der Waals surface area contributed by atoms with Crippen molar-refractivity contribution in [1.29, 1.82) is 0 Å². The molecule has 0 saturated heterocycles. The summed E-state index contributed by atoms with van der Waals surface area (Å²) in [5.41, 5.74) is 1.98. The van der Waals surface area contributed by atoms with Crippen molar-refractivity contribution in [2.75, 3.05) is 4.72 Å². The molecule has 0 aromatic heterocycles. The normalized spacial score (nSPS) is 17.4. The second kappa shape index (κ2) is 5.41. The van der Waals surface area contributed by atoms with Crippen molar-refractivity contribution in [2.24, 2.45) is 0 Å². The third kappa shape index (κ3) is 3.21. The Kier molecular flexibility index (Phi) is 4.04. The smallest absolute Gasteiger partial charge is 0.235 e. The second-order valence-corrected chi connectivity index (χ2v) is 7.32. The van der Waals surface area contributed by atoms with Gasteiger partial charge >= 0.3 is 0 Å². The van der Waals surface area contributed by atoms with Gasteiger partial charge in [0, 0.05) is 0 Å². The first-order valence-corrected chi connectivity index (χ1v) is 8.26. The number of hydrogen-bond acceptors (Lipinski definition) is 3. The molecule has 0 spiro atoms. The van der Waals surface area contributed by atoms with Gasteiger partial charge in [-0.25, -0.2) is 8.42 Å².